The summed E-state index contributed by atoms with van der Waals surface area (Å²) >= 11 is 0. The number of likely N-dealkylation sites (N-methyl/N-ethyl adjacent to an activating group) is 1. The average molecular weight is 254 g/mol. The van der Waals surface area contributed by atoms with Crippen molar-refractivity contribution in [2.45, 2.75) is 72.3 Å². The first-order valence-electron chi connectivity index (χ1n) is 8.03. The van der Waals surface area contributed by atoms with Crippen LogP contribution < -0.4 is 5.32 Å². The van der Waals surface area contributed by atoms with Gasteiger partial charge in [0.15, 0.2) is 0 Å². The third-order valence-corrected chi connectivity index (χ3v) is 4.11. The van der Waals surface area contributed by atoms with Crippen LogP contribution in [0.5, 0.6) is 0 Å². The highest BCUT2D eigenvalue weighted by atomic mass is 15.2. The molecule has 0 aromatic heterocycles. The first kappa shape index (κ1) is 16.0. The van der Waals surface area contributed by atoms with Crippen molar-refractivity contribution in [3.05, 3.63) is 0 Å². The van der Waals surface area contributed by atoms with Crippen LogP contribution in [-0.2, 0) is 0 Å². The van der Waals surface area contributed by atoms with Crippen molar-refractivity contribution >= 4 is 0 Å². The van der Waals surface area contributed by atoms with Crippen LogP contribution in [0.15, 0.2) is 0 Å². The zero-order valence-electron chi connectivity index (χ0n) is 13.1. The van der Waals surface area contributed by atoms with E-state index in [1.54, 1.807) is 0 Å². The van der Waals surface area contributed by atoms with Crippen molar-refractivity contribution in [1.29, 1.82) is 0 Å². The molecular weight excluding hydrogens is 220 g/mol. The Morgan fingerprint density at radius 1 is 1.22 bits per heavy atom. The number of unbranched alkanes of at least 4 members (excludes halogenated alkanes) is 2. The van der Waals surface area contributed by atoms with E-state index in [1.165, 1.54) is 58.2 Å². The van der Waals surface area contributed by atoms with E-state index >= 15 is 0 Å². The van der Waals surface area contributed by atoms with E-state index in [0.717, 1.165) is 12.6 Å². The Hall–Kier alpha value is -0.0800. The summed E-state index contributed by atoms with van der Waals surface area (Å²) in [6.07, 6.45) is 8.23. The van der Waals surface area contributed by atoms with Crippen LogP contribution in [0.1, 0.15) is 66.2 Å². The van der Waals surface area contributed by atoms with Crippen molar-refractivity contribution in [3.8, 4) is 0 Å². The summed E-state index contributed by atoms with van der Waals surface area (Å²) in [5, 5.41) is 3.61. The van der Waals surface area contributed by atoms with E-state index in [-0.39, 0.29) is 0 Å². The maximum absolute atomic E-state index is 3.61. The number of hydrogen-bond donors (Lipinski definition) is 1. The van der Waals surface area contributed by atoms with Gasteiger partial charge in [-0.15, -0.1) is 0 Å². The van der Waals surface area contributed by atoms with Gasteiger partial charge in [-0.1, -0.05) is 47.0 Å². The van der Waals surface area contributed by atoms with E-state index in [0.29, 0.717) is 5.41 Å². The highest BCUT2D eigenvalue weighted by molar-refractivity contribution is 4.82. The molecule has 2 heteroatoms. The molecule has 0 saturated carbocycles. The molecule has 1 unspecified atom stereocenters. The Bertz CT molecular complexity index is 211. The molecule has 1 N–H and O–H groups in total. The summed E-state index contributed by atoms with van der Waals surface area (Å²) in [6.45, 7) is 14.3. The molecule has 2 nitrogen and oxygen atoms in total. The summed E-state index contributed by atoms with van der Waals surface area (Å²) in [7, 11) is 0. The standard InChI is InChI=1S/C16H34N2/c1-5-7-8-11-16(3,4)14-18-12-9-10-15(13-18)17-6-2/h15,17H,5-14H2,1-4H3. The molecule has 1 heterocycles. The monoisotopic (exact) mass is 254 g/mol. The van der Waals surface area contributed by atoms with Crippen LogP contribution in [0.25, 0.3) is 0 Å². The van der Waals surface area contributed by atoms with E-state index in [4.69, 9.17) is 0 Å². The number of likely N-dealkylation sites (tertiary alicyclic amines) is 1. The second kappa shape index (κ2) is 8.16. The first-order chi connectivity index (χ1) is 8.57. The normalized spacial score (nSPS) is 22.3. The van der Waals surface area contributed by atoms with Gasteiger partial charge in [0.2, 0.25) is 0 Å². The topological polar surface area (TPSA) is 15.3 Å². The molecule has 0 aromatic carbocycles. The fourth-order valence-corrected chi connectivity index (χ4v) is 3.19. The molecule has 1 fully saturated rings. The van der Waals surface area contributed by atoms with Gasteiger partial charge >= 0.3 is 0 Å². The summed E-state index contributed by atoms with van der Waals surface area (Å²) in [6, 6.07) is 0.732. The van der Waals surface area contributed by atoms with Gasteiger partial charge in [0, 0.05) is 19.1 Å². The Labute approximate surface area is 115 Å². The number of hydrogen-bond acceptors (Lipinski definition) is 2. The molecule has 1 saturated heterocycles. The first-order valence-corrected chi connectivity index (χ1v) is 8.03. The third kappa shape index (κ3) is 6.19. The van der Waals surface area contributed by atoms with Gasteiger partial charge in [-0.05, 0) is 37.8 Å². The quantitative estimate of drug-likeness (QED) is 0.665. The highest BCUT2D eigenvalue weighted by Crippen LogP contribution is 2.26. The molecule has 0 radical (unpaired) electrons. The van der Waals surface area contributed by atoms with E-state index in [1.807, 2.05) is 0 Å². The Balaban J connectivity index is 2.30. The van der Waals surface area contributed by atoms with E-state index in [2.05, 4.69) is 37.9 Å². The summed E-state index contributed by atoms with van der Waals surface area (Å²) in [5.74, 6) is 0. The van der Waals surface area contributed by atoms with Crippen molar-refractivity contribution < 1.29 is 0 Å². The largest absolute Gasteiger partial charge is 0.313 e. The predicted molar refractivity (Wildman–Crippen MR) is 81.1 cm³/mol. The molecule has 108 valence electrons. The lowest BCUT2D eigenvalue weighted by atomic mass is 9.85. The summed E-state index contributed by atoms with van der Waals surface area (Å²) in [4.78, 5) is 2.68. The second-order valence-electron chi connectivity index (χ2n) is 6.75. The fourth-order valence-electron chi connectivity index (χ4n) is 3.19. The number of nitrogens with one attached hydrogen (secondary N) is 1. The molecular formula is C16H34N2. The summed E-state index contributed by atoms with van der Waals surface area (Å²) < 4.78 is 0. The van der Waals surface area contributed by atoms with E-state index < -0.39 is 0 Å². The Morgan fingerprint density at radius 3 is 2.67 bits per heavy atom. The second-order valence-corrected chi connectivity index (χ2v) is 6.75. The molecule has 1 rings (SSSR count). The summed E-state index contributed by atoms with van der Waals surface area (Å²) in [5.41, 5.74) is 0.489. The molecule has 1 atom stereocenters. The maximum Gasteiger partial charge on any atom is 0.0195 e. The van der Waals surface area contributed by atoms with Crippen LogP contribution in [0.3, 0.4) is 0 Å². The Kier molecular flexibility index (Phi) is 7.25. The van der Waals surface area contributed by atoms with Crippen LogP contribution in [0.2, 0.25) is 0 Å². The maximum atomic E-state index is 3.61. The highest BCUT2D eigenvalue weighted by Gasteiger charge is 2.25. The van der Waals surface area contributed by atoms with Gasteiger partial charge in [0.25, 0.3) is 0 Å². The van der Waals surface area contributed by atoms with Gasteiger partial charge in [-0.3, -0.25) is 0 Å². The van der Waals surface area contributed by atoms with Crippen LogP contribution in [0.4, 0.5) is 0 Å². The molecule has 0 aliphatic carbocycles. The molecule has 1 aliphatic heterocycles. The molecule has 0 bridgehead atoms. The minimum atomic E-state index is 0.489. The molecule has 0 spiro atoms. The minimum Gasteiger partial charge on any atom is -0.313 e. The fraction of sp³-hybridized carbons (Fsp3) is 1.00. The van der Waals surface area contributed by atoms with Gasteiger partial charge in [-0.25, -0.2) is 0 Å². The lowest BCUT2D eigenvalue weighted by Gasteiger charge is -2.38. The smallest absolute Gasteiger partial charge is 0.0195 e. The minimum absolute atomic E-state index is 0.489. The lowest BCUT2D eigenvalue weighted by molar-refractivity contribution is 0.125. The molecule has 0 amide bonds. The van der Waals surface area contributed by atoms with Gasteiger partial charge in [-0.2, -0.15) is 0 Å². The number of piperidine rings is 1. The van der Waals surface area contributed by atoms with Crippen molar-refractivity contribution in [1.82, 2.24) is 10.2 Å². The predicted octanol–water partition coefficient (Wildman–Crippen LogP) is 3.67. The number of nitrogens with zero attached hydrogens (tertiary/aromatic N) is 1. The average Bonchev–Trinajstić information content (AvgIpc) is 2.29. The van der Waals surface area contributed by atoms with Gasteiger partial charge < -0.3 is 10.2 Å². The SMILES string of the molecule is CCCCCC(C)(C)CN1CCCC(NCC)C1. The van der Waals surface area contributed by atoms with E-state index in [9.17, 15) is 0 Å². The van der Waals surface area contributed by atoms with Crippen molar-refractivity contribution in [2.24, 2.45) is 5.41 Å². The number of rotatable bonds is 8. The van der Waals surface area contributed by atoms with Crippen molar-refractivity contribution in [2.75, 3.05) is 26.2 Å². The van der Waals surface area contributed by atoms with Gasteiger partial charge in [0.1, 0.15) is 0 Å². The van der Waals surface area contributed by atoms with Crippen molar-refractivity contribution in [3.63, 3.8) is 0 Å². The molecule has 18 heavy (non-hydrogen) atoms. The van der Waals surface area contributed by atoms with Crippen LogP contribution >= 0.6 is 0 Å². The third-order valence-electron chi connectivity index (χ3n) is 4.11. The lowest BCUT2D eigenvalue weighted by Crippen LogP contribution is -2.48. The Morgan fingerprint density at radius 2 is 2.00 bits per heavy atom. The van der Waals surface area contributed by atoms with Crippen LogP contribution in [-0.4, -0.2) is 37.1 Å². The zero-order chi connectivity index (χ0) is 13.4. The van der Waals surface area contributed by atoms with Crippen LogP contribution in [0, 0.1) is 5.41 Å². The molecule has 1 aliphatic rings. The molecule has 0 aromatic rings. The zero-order valence-corrected chi connectivity index (χ0v) is 13.1. The van der Waals surface area contributed by atoms with Gasteiger partial charge in [0.05, 0.1) is 0 Å².